The second-order valence-corrected chi connectivity index (χ2v) is 8.93. The minimum Gasteiger partial charge on any atom is -0.452 e. The molecule has 0 radical (unpaired) electrons. The molecule has 0 aliphatic rings. The van der Waals surface area contributed by atoms with Crippen molar-refractivity contribution >= 4 is 43.5 Å². The van der Waals surface area contributed by atoms with Gasteiger partial charge in [0, 0.05) is 17.6 Å². The van der Waals surface area contributed by atoms with E-state index in [1.807, 2.05) is 0 Å². The fourth-order valence-corrected chi connectivity index (χ4v) is 4.76. The van der Waals surface area contributed by atoms with Crippen LogP contribution in [0.25, 0.3) is 0 Å². The van der Waals surface area contributed by atoms with Crippen molar-refractivity contribution in [1.29, 1.82) is 0 Å². The Morgan fingerprint density at radius 1 is 1.10 bits per heavy atom. The van der Waals surface area contributed by atoms with Crippen molar-refractivity contribution in [1.82, 2.24) is 4.31 Å². The minimum atomic E-state index is -3.72. The van der Waals surface area contributed by atoms with E-state index in [1.54, 1.807) is 51.1 Å². The third-order valence-electron chi connectivity index (χ3n) is 4.23. The summed E-state index contributed by atoms with van der Waals surface area (Å²) in [5.41, 5.74) is 1.15. The van der Waals surface area contributed by atoms with Gasteiger partial charge in [0.25, 0.3) is 5.91 Å². The van der Waals surface area contributed by atoms with Crippen molar-refractivity contribution in [3.05, 3.63) is 58.1 Å². The van der Waals surface area contributed by atoms with Crippen molar-refractivity contribution in [2.75, 3.05) is 25.0 Å². The van der Waals surface area contributed by atoms with Gasteiger partial charge in [0.05, 0.1) is 16.1 Å². The highest BCUT2D eigenvalue weighted by molar-refractivity contribution is 9.10. The Morgan fingerprint density at radius 2 is 1.76 bits per heavy atom. The molecule has 2 aromatic carbocycles. The molecule has 0 bridgehead atoms. The van der Waals surface area contributed by atoms with Gasteiger partial charge in [0.2, 0.25) is 10.0 Å². The van der Waals surface area contributed by atoms with Crippen LogP contribution in [0.4, 0.5) is 5.69 Å². The van der Waals surface area contributed by atoms with Crippen LogP contribution in [-0.4, -0.2) is 44.3 Å². The third-order valence-corrected chi connectivity index (χ3v) is 7.11. The zero-order chi connectivity index (χ0) is 21.6. The van der Waals surface area contributed by atoms with Gasteiger partial charge in [-0.15, -0.1) is 0 Å². The summed E-state index contributed by atoms with van der Waals surface area (Å²) in [6.07, 6.45) is 0. The zero-order valence-electron chi connectivity index (χ0n) is 16.4. The van der Waals surface area contributed by atoms with Gasteiger partial charge in [0.15, 0.2) is 6.61 Å². The van der Waals surface area contributed by atoms with Gasteiger partial charge >= 0.3 is 5.97 Å². The smallest absolute Gasteiger partial charge is 0.338 e. The number of carbonyl (C=O) groups excluding carboxylic acids is 2. The lowest BCUT2D eigenvalue weighted by Crippen LogP contribution is -2.31. The average Bonchev–Trinajstić information content (AvgIpc) is 2.69. The maximum Gasteiger partial charge on any atom is 0.338 e. The molecule has 0 fully saturated rings. The molecule has 0 spiro atoms. The first kappa shape index (κ1) is 23.1. The standard InChI is InChI=1S/C20H23BrN2O5S/c1-4-23(5-2)29(26,27)18-12-15(11-10-14(18)3)20(25)28-13-19(24)22-17-9-7-6-8-16(17)21/h6-12H,4-5,13H2,1-3H3,(H,22,24). The summed E-state index contributed by atoms with van der Waals surface area (Å²) in [6, 6.07) is 11.4. The van der Waals surface area contributed by atoms with Gasteiger partial charge in [0.1, 0.15) is 0 Å². The number of anilines is 1. The van der Waals surface area contributed by atoms with Gasteiger partial charge in [-0.2, -0.15) is 4.31 Å². The quantitative estimate of drug-likeness (QED) is 0.580. The minimum absolute atomic E-state index is 0.0494. The van der Waals surface area contributed by atoms with Crippen LogP contribution in [0.3, 0.4) is 0 Å². The number of hydrogen-bond donors (Lipinski definition) is 1. The van der Waals surface area contributed by atoms with Crippen LogP contribution < -0.4 is 5.32 Å². The molecule has 1 N–H and O–H groups in total. The van der Waals surface area contributed by atoms with E-state index in [-0.39, 0.29) is 10.5 Å². The predicted octanol–water partition coefficient (Wildman–Crippen LogP) is 3.58. The second-order valence-electron chi connectivity index (χ2n) is 6.17. The van der Waals surface area contributed by atoms with Crippen molar-refractivity contribution in [2.45, 2.75) is 25.7 Å². The zero-order valence-corrected chi connectivity index (χ0v) is 18.8. The summed E-state index contributed by atoms with van der Waals surface area (Å²) in [6.45, 7) is 5.31. The molecule has 7 nitrogen and oxygen atoms in total. The SMILES string of the molecule is CCN(CC)S(=O)(=O)c1cc(C(=O)OCC(=O)Nc2ccccc2Br)ccc1C. The summed E-state index contributed by atoms with van der Waals surface area (Å²) in [5.74, 6) is -1.28. The van der Waals surface area contributed by atoms with Crippen LogP contribution in [0.2, 0.25) is 0 Å². The highest BCUT2D eigenvalue weighted by Gasteiger charge is 2.25. The molecule has 0 unspecified atom stereocenters. The maximum atomic E-state index is 12.8. The summed E-state index contributed by atoms with van der Waals surface area (Å²) in [7, 11) is -3.72. The Kier molecular flexibility index (Phi) is 7.95. The number of sulfonamides is 1. The lowest BCUT2D eigenvalue weighted by molar-refractivity contribution is -0.119. The number of halogens is 1. The summed E-state index contributed by atoms with van der Waals surface area (Å²) >= 11 is 3.31. The second kappa shape index (κ2) is 10.00. The molecule has 9 heteroatoms. The van der Waals surface area contributed by atoms with E-state index in [9.17, 15) is 18.0 Å². The fourth-order valence-electron chi connectivity index (χ4n) is 2.67. The molecule has 2 rings (SSSR count). The number of nitrogens with zero attached hydrogens (tertiary/aromatic N) is 1. The Labute approximate surface area is 179 Å². The van der Waals surface area contributed by atoms with E-state index in [0.29, 0.717) is 28.8 Å². The number of rotatable bonds is 8. The van der Waals surface area contributed by atoms with Crippen LogP contribution in [0.15, 0.2) is 51.8 Å². The van der Waals surface area contributed by atoms with E-state index in [1.165, 1.54) is 16.4 Å². The van der Waals surface area contributed by atoms with Gasteiger partial charge in [-0.1, -0.05) is 32.0 Å². The monoisotopic (exact) mass is 482 g/mol. The number of aryl methyl sites for hydroxylation is 1. The number of benzene rings is 2. The van der Waals surface area contributed by atoms with Crippen LogP contribution in [0.1, 0.15) is 29.8 Å². The normalized spacial score (nSPS) is 11.3. The summed E-state index contributed by atoms with van der Waals surface area (Å²) in [4.78, 5) is 24.4. The third kappa shape index (κ3) is 5.65. The number of ether oxygens (including phenoxy) is 1. The molecule has 0 aliphatic carbocycles. The molecule has 2 aromatic rings. The Bertz CT molecular complexity index is 1000. The van der Waals surface area contributed by atoms with Crippen LogP contribution in [-0.2, 0) is 19.6 Å². The molecule has 0 saturated carbocycles. The highest BCUT2D eigenvalue weighted by atomic mass is 79.9. The molecule has 0 aliphatic heterocycles. The van der Waals surface area contributed by atoms with E-state index in [4.69, 9.17) is 4.74 Å². The lowest BCUT2D eigenvalue weighted by atomic mass is 10.1. The molecular weight excluding hydrogens is 460 g/mol. The average molecular weight is 483 g/mol. The molecule has 156 valence electrons. The van der Waals surface area contributed by atoms with Gasteiger partial charge < -0.3 is 10.1 Å². The van der Waals surface area contributed by atoms with Crippen molar-refractivity contribution < 1.29 is 22.7 Å². The van der Waals surface area contributed by atoms with Gasteiger partial charge in [-0.25, -0.2) is 13.2 Å². The number of carbonyl (C=O) groups is 2. The van der Waals surface area contributed by atoms with Crippen LogP contribution >= 0.6 is 15.9 Å². The maximum absolute atomic E-state index is 12.8. The van der Waals surface area contributed by atoms with Crippen LogP contribution in [0, 0.1) is 6.92 Å². The first-order chi connectivity index (χ1) is 13.7. The van der Waals surface area contributed by atoms with E-state index < -0.39 is 28.5 Å². The number of esters is 1. The molecule has 0 saturated heterocycles. The Balaban J connectivity index is 2.12. The fraction of sp³-hybridized carbons (Fsp3) is 0.300. The largest absolute Gasteiger partial charge is 0.452 e. The Morgan fingerprint density at radius 3 is 2.38 bits per heavy atom. The molecule has 0 aromatic heterocycles. The molecule has 1 amide bonds. The van der Waals surface area contributed by atoms with E-state index >= 15 is 0 Å². The van der Waals surface area contributed by atoms with E-state index in [0.717, 1.165) is 0 Å². The number of amides is 1. The van der Waals surface area contributed by atoms with Crippen molar-refractivity contribution in [3.63, 3.8) is 0 Å². The van der Waals surface area contributed by atoms with Crippen LogP contribution in [0.5, 0.6) is 0 Å². The predicted molar refractivity (Wildman–Crippen MR) is 114 cm³/mol. The topological polar surface area (TPSA) is 92.8 Å². The molecule has 0 heterocycles. The van der Waals surface area contributed by atoms with Gasteiger partial charge in [-0.3, -0.25) is 4.79 Å². The molecular formula is C20H23BrN2O5S. The molecule has 0 atom stereocenters. The van der Waals surface area contributed by atoms with Crippen molar-refractivity contribution in [2.24, 2.45) is 0 Å². The summed E-state index contributed by atoms with van der Waals surface area (Å²) < 4.78 is 32.7. The van der Waals surface area contributed by atoms with Gasteiger partial charge in [-0.05, 0) is 52.7 Å². The molecule has 29 heavy (non-hydrogen) atoms. The number of para-hydroxylation sites is 1. The Hall–Kier alpha value is -2.23. The first-order valence-corrected chi connectivity index (χ1v) is 11.3. The van der Waals surface area contributed by atoms with E-state index in [2.05, 4.69) is 21.2 Å². The summed E-state index contributed by atoms with van der Waals surface area (Å²) in [5, 5.41) is 2.63. The number of hydrogen-bond acceptors (Lipinski definition) is 5. The first-order valence-electron chi connectivity index (χ1n) is 9.03. The van der Waals surface area contributed by atoms with Crippen molar-refractivity contribution in [3.8, 4) is 0 Å². The number of nitrogens with one attached hydrogen (secondary N) is 1. The lowest BCUT2D eigenvalue weighted by Gasteiger charge is -2.20. The highest BCUT2D eigenvalue weighted by Crippen LogP contribution is 2.22.